The molecule has 1 spiro atoms. The number of benzene rings is 1. The minimum atomic E-state index is -4.59. The normalized spacial score (nSPS) is 26.3. The molecule has 4 N–H and O–H groups in total. The number of nitrogens with one attached hydrogen (secondary N) is 1. The average molecular weight is 533 g/mol. The van der Waals surface area contributed by atoms with Gasteiger partial charge >= 0.3 is 6.18 Å². The molecule has 38 heavy (non-hydrogen) atoms. The summed E-state index contributed by atoms with van der Waals surface area (Å²) in [5.41, 5.74) is 4.19. The molecule has 0 atom stereocenters. The first-order valence-electron chi connectivity index (χ1n) is 12.7. The van der Waals surface area contributed by atoms with E-state index >= 15 is 0 Å². The van der Waals surface area contributed by atoms with Gasteiger partial charge in [0.2, 0.25) is 5.88 Å². The second-order valence-corrected chi connectivity index (χ2v) is 11.2. The zero-order chi connectivity index (χ0) is 27.3. The van der Waals surface area contributed by atoms with E-state index in [2.05, 4.69) is 10.3 Å². The van der Waals surface area contributed by atoms with Gasteiger partial charge in [-0.05, 0) is 81.2 Å². The molecule has 3 fully saturated rings. The van der Waals surface area contributed by atoms with E-state index in [1.54, 1.807) is 24.0 Å². The Labute approximate surface area is 218 Å². The number of halogens is 3. The van der Waals surface area contributed by atoms with Gasteiger partial charge in [0.1, 0.15) is 11.7 Å². The molecule has 1 aromatic heterocycles. The predicted octanol–water partition coefficient (Wildman–Crippen LogP) is 3.67. The Morgan fingerprint density at radius 3 is 2.47 bits per heavy atom. The number of pyridine rings is 1. The van der Waals surface area contributed by atoms with Gasteiger partial charge in [-0.15, -0.1) is 0 Å². The minimum absolute atomic E-state index is 0.00794. The van der Waals surface area contributed by atoms with Crippen LogP contribution in [0.2, 0.25) is 0 Å². The summed E-state index contributed by atoms with van der Waals surface area (Å²) in [6.07, 6.45) is 0.576. The molecule has 2 aromatic rings. The van der Waals surface area contributed by atoms with Gasteiger partial charge in [0, 0.05) is 36.6 Å². The van der Waals surface area contributed by atoms with Gasteiger partial charge in [0.05, 0.1) is 11.2 Å². The van der Waals surface area contributed by atoms with Gasteiger partial charge < -0.3 is 25.8 Å². The fourth-order valence-corrected chi connectivity index (χ4v) is 5.84. The van der Waals surface area contributed by atoms with Gasteiger partial charge in [-0.1, -0.05) is 0 Å². The van der Waals surface area contributed by atoms with Crippen molar-refractivity contribution in [3.05, 3.63) is 53.2 Å². The number of nitrogens with zero attached hydrogens (tertiary/aromatic N) is 2. The third-order valence-corrected chi connectivity index (χ3v) is 8.04. The number of hydrogen-bond donors (Lipinski definition) is 3. The summed E-state index contributed by atoms with van der Waals surface area (Å²) in [6, 6.07) is 6.48. The van der Waals surface area contributed by atoms with Gasteiger partial charge in [-0.25, -0.2) is 4.98 Å². The molecule has 2 heterocycles. The lowest BCUT2D eigenvalue weighted by atomic mass is 9.53. The number of carbonyl (C=O) groups is 2. The maximum absolute atomic E-state index is 13.6. The number of rotatable bonds is 6. The van der Waals surface area contributed by atoms with Crippen LogP contribution in [0.15, 0.2) is 36.5 Å². The fraction of sp³-hybridized carbons (Fsp3) is 0.519. The molecule has 0 unspecified atom stereocenters. The van der Waals surface area contributed by atoms with Gasteiger partial charge in [-0.2, -0.15) is 13.2 Å². The number of nitrogens with two attached hydrogens (primary N) is 1. The van der Waals surface area contributed by atoms with E-state index in [1.165, 1.54) is 12.3 Å². The predicted molar refractivity (Wildman–Crippen MR) is 133 cm³/mol. The summed E-state index contributed by atoms with van der Waals surface area (Å²) < 4.78 is 46.7. The SMILES string of the molecule is CC1(O)CCN(c2cc(C(=O)NC3CC4(C3)CC(Oc3ncccc3C(N)=O)C4)cc(C(F)(F)F)c2)CC1. The Bertz CT molecular complexity index is 1230. The van der Waals surface area contributed by atoms with Crippen LogP contribution >= 0.6 is 0 Å². The molecule has 2 amide bonds. The summed E-state index contributed by atoms with van der Waals surface area (Å²) >= 11 is 0. The molecule has 1 aliphatic heterocycles. The second kappa shape index (κ2) is 9.44. The van der Waals surface area contributed by atoms with Gasteiger partial charge in [0.15, 0.2) is 0 Å². The number of ether oxygens (including phenoxy) is 1. The number of aromatic nitrogens is 1. The number of alkyl halides is 3. The Hall–Kier alpha value is -3.34. The minimum Gasteiger partial charge on any atom is -0.474 e. The van der Waals surface area contributed by atoms with Crippen molar-refractivity contribution in [2.75, 3.05) is 18.0 Å². The van der Waals surface area contributed by atoms with Crippen LogP contribution in [-0.2, 0) is 6.18 Å². The maximum atomic E-state index is 13.6. The molecule has 1 aromatic carbocycles. The van der Waals surface area contributed by atoms with Crippen molar-refractivity contribution in [1.82, 2.24) is 10.3 Å². The first-order chi connectivity index (χ1) is 17.8. The van der Waals surface area contributed by atoms with Crippen LogP contribution in [0.25, 0.3) is 0 Å². The number of hydrogen-bond acceptors (Lipinski definition) is 6. The molecule has 8 nitrogen and oxygen atoms in total. The molecule has 204 valence electrons. The number of aliphatic hydroxyl groups is 1. The van der Waals surface area contributed by atoms with Crippen molar-refractivity contribution in [3.63, 3.8) is 0 Å². The molecular formula is C27H31F3N4O4. The number of carbonyl (C=O) groups excluding carboxylic acids is 2. The number of primary amides is 1. The Morgan fingerprint density at radius 1 is 1.16 bits per heavy atom. The summed E-state index contributed by atoms with van der Waals surface area (Å²) in [5.74, 6) is -0.937. The maximum Gasteiger partial charge on any atom is 0.416 e. The highest BCUT2D eigenvalue weighted by atomic mass is 19.4. The largest absolute Gasteiger partial charge is 0.474 e. The molecule has 3 aliphatic rings. The Morgan fingerprint density at radius 2 is 1.84 bits per heavy atom. The van der Waals surface area contributed by atoms with Crippen LogP contribution in [0.1, 0.15) is 71.7 Å². The topological polar surface area (TPSA) is 118 Å². The lowest BCUT2D eigenvalue weighted by molar-refractivity contribution is -0.137. The van der Waals surface area contributed by atoms with Crippen LogP contribution in [-0.4, -0.2) is 52.7 Å². The zero-order valence-corrected chi connectivity index (χ0v) is 21.1. The van der Waals surface area contributed by atoms with Crippen molar-refractivity contribution >= 4 is 17.5 Å². The van der Waals surface area contributed by atoms with E-state index in [9.17, 15) is 27.9 Å². The van der Waals surface area contributed by atoms with Gasteiger partial charge in [-0.3, -0.25) is 9.59 Å². The lowest BCUT2D eigenvalue weighted by Crippen LogP contribution is -2.58. The second-order valence-electron chi connectivity index (χ2n) is 11.2. The van der Waals surface area contributed by atoms with Crippen LogP contribution in [0, 0.1) is 5.41 Å². The van der Waals surface area contributed by atoms with Crippen LogP contribution < -0.4 is 20.7 Å². The molecule has 0 radical (unpaired) electrons. The quantitative estimate of drug-likeness (QED) is 0.523. The number of amides is 2. The van der Waals surface area contributed by atoms with E-state index in [4.69, 9.17) is 10.5 Å². The van der Waals surface area contributed by atoms with Crippen molar-refractivity contribution in [3.8, 4) is 5.88 Å². The first kappa shape index (κ1) is 26.3. The van der Waals surface area contributed by atoms with E-state index in [0.717, 1.165) is 25.0 Å². The molecule has 11 heteroatoms. The van der Waals surface area contributed by atoms with Crippen LogP contribution in [0.5, 0.6) is 5.88 Å². The fourth-order valence-electron chi connectivity index (χ4n) is 5.84. The van der Waals surface area contributed by atoms with Gasteiger partial charge in [0.25, 0.3) is 11.8 Å². The Kier molecular flexibility index (Phi) is 6.53. The van der Waals surface area contributed by atoms with E-state index in [0.29, 0.717) is 44.5 Å². The molecule has 2 saturated carbocycles. The third kappa shape index (κ3) is 5.43. The standard InChI is InChI=1S/C27H31F3N4O4/c1-25(37)4-7-34(8-5-25)19-10-16(9-17(11-19)27(28,29)30)23(36)33-18-12-26(13-18)14-20(15-26)38-24-21(22(31)35)3-2-6-32-24/h2-3,6,9-11,18,20,37H,4-5,7-8,12-15H2,1H3,(H2,31,35)(H,33,36). The summed E-state index contributed by atoms with van der Waals surface area (Å²) in [7, 11) is 0. The average Bonchev–Trinajstić information content (AvgIpc) is 2.80. The highest BCUT2D eigenvalue weighted by molar-refractivity contribution is 5.96. The van der Waals surface area contributed by atoms with E-state index in [1.807, 2.05) is 0 Å². The summed E-state index contributed by atoms with van der Waals surface area (Å²) in [6.45, 7) is 2.53. The smallest absolute Gasteiger partial charge is 0.416 e. The van der Waals surface area contributed by atoms with Crippen molar-refractivity contribution in [2.45, 2.75) is 69.4 Å². The van der Waals surface area contributed by atoms with Crippen LogP contribution in [0.3, 0.4) is 0 Å². The molecule has 5 rings (SSSR count). The van der Waals surface area contributed by atoms with Crippen molar-refractivity contribution in [2.24, 2.45) is 11.1 Å². The summed E-state index contributed by atoms with van der Waals surface area (Å²) in [5, 5.41) is 13.1. The monoisotopic (exact) mass is 532 g/mol. The van der Waals surface area contributed by atoms with Crippen LogP contribution in [0.4, 0.5) is 18.9 Å². The first-order valence-corrected chi connectivity index (χ1v) is 12.7. The molecule has 0 bridgehead atoms. The Balaban J connectivity index is 1.19. The number of piperidine rings is 1. The highest BCUT2D eigenvalue weighted by Gasteiger charge is 2.54. The third-order valence-electron chi connectivity index (χ3n) is 8.04. The lowest BCUT2D eigenvalue weighted by Gasteiger charge is -2.57. The molecular weight excluding hydrogens is 501 g/mol. The molecule has 1 saturated heterocycles. The van der Waals surface area contributed by atoms with E-state index < -0.39 is 29.2 Å². The molecule has 2 aliphatic carbocycles. The van der Waals surface area contributed by atoms with Crippen molar-refractivity contribution in [1.29, 1.82) is 0 Å². The zero-order valence-electron chi connectivity index (χ0n) is 21.1. The van der Waals surface area contributed by atoms with E-state index in [-0.39, 0.29) is 34.6 Å². The highest BCUT2D eigenvalue weighted by Crippen LogP contribution is 2.56. The summed E-state index contributed by atoms with van der Waals surface area (Å²) in [4.78, 5) is 30.4. The van der Waals surface area contributed by atoms with Crippen molar-refractivity contribution < 1.29 is 32.6 Å². The number of anilines is 1.